The molecule has 0 heterocycles. The van der Waals surface area contributed by atoms with E-state index >= 15 is 0 Å². The lowest BCUT2D eigenvalue weighted by molar-refractivity contribution is -0.133. The third-order valence-electron chi connectivity index (χ3n) is 4.31. The third kappa shape index (κ3) is 4.98. The molecule has 0 unspecified atom stereocenters. The van der Waals surface area contributed by atoms with Gasteiger partial charge in [-0.2, -0.15) is 0 Å². The van der Waals surface area contributed by atoms with Crippen LogP contribution < -0.4 is 10.1 Å². The van der Waals surface area contributed by atoms with Gasteiger partial charge < -0.3 is 15.0 Å². The van der Waals surface area contributed by atoms with Crippen LogP contribution in [0.2, 0.25) is 0 Å². The van der Waals surface area contributed by atoms with E-state index in [1.54, 1.807) is 17.0 Å². The molecule has 2 amide bonds. The molecule has 5 nitrogen and oxygen atoms in total. The second-order valence-electron chi connectivity index (χ2n) is 5.85. The van der Waals surface area contributed by atoms with Crippen LogP contribution >= 0.6 is 0 Å². The number of hydrogen-bond donors (Lipinski definition) is 1. The molecule has 0 radical (unpaired) electrons. The fraction of sp³-hybridized carbons (Fsp3) is 0.556. The van der Waals surface area contributed by atoms with E-state index in [0.29, 0.717) is 18.8 Å². The molecule has 1 fully saturated rings. The molecule has 0 saturated heterocycles. The summed E-state index contributed by atoms with van der Waals surface area (Å²) in [4.78, 5) is 25.8. The van der Waals surface area contributed by atoms with Crippen molar-refractivity contribution in [3.8, 4) is 5.75 Å². The summed E-state index contributed by atoms with van der Waals surface area (Å²) >= 11 is 0. The van der Waals surface area contributed by atoms with Crippen molar-refractivity contribution >= 4 is 17.5 Å². The summed E-state index contributed by atoms with van der Waals surface area (Å²) in [6, 6.07) is 7.22. The average Bonchev–Trinajstić information content (AvgIpc) is 3.09. The van der Waals surface area contributed by atoms with E-state index in [2.05, 4.69) is 5.32 Å². The number of carbonyl (C=O) groups excluding carboxylic acids is 2. The van der Waals surface area contributed by atoms with Gasteiger partial charge in [0.1, 0.15) is 5.75 Å². The zero-order valence-electron chi connectivity index (χ0n) is 14.0. The molecule has 2 rings (SSSR count). The predicted molar refractivity (Wildman–Crippen MR) is 90.5 cm³/mol. The lowest BCUT2D eigenvalue weighted by Gasteiger charge is -2.18. The summed E-state index contributed by atoms with van der Waals surface area (Å²) in [7, 11) is 0. The molecule has 126 valence electrons. The third-order valence-corrected chi connectivity index (χ3v) is 4.31. The van der Waals surface area contributed by atoms with Gasteiger partial charge >= 0.3 is 0 Å². The molecule has 5 heteroatoms. The Kier molecular flexibility index (Phi) is 6.44. The number of nitrogens with zero attached hydrogens (tertiary/aromatic N) is 1. The van der Waals surface area contributed by atoms with E-state index in [-0.39, 0.29) is 24.3 Å². The molecule has 0 bridgehead atoms. The molecule has 0 aliphatic heterocycles. The first-order valence-electron chi connectivity index (χ1n) is 8.45. The van der Waals surface area contributed by atoms with Crippen LogP contribution in [0, 0.1) is 5.92 Å². The summed E-state index contributed by atoms with van der Waals surface area (Å²) < 4.78 is 5.56. The van der Waals surface area contributed by atoms with Gasteiger partial charge in [-0.3, -0.25) is 9.59 Å². The van der Waals surface area contributed by atoms with Crippen molar-refractivity contribution < 1.29 is 14.3 Å². The average molecular weight is 318 g/mol. The van der Waals surface area contributed by atoms with Gasteiger partial charge in [-0.25, -0.2) is 0 Å². The Morgan fingerprint density at radius 3 is 2.57 bits per heavy atom. The van der Waals surface area contributed by atoms with Crippen molar-refractivity contribution in [1.82, 2.24) is 4.90 Å². The van der Waals surface area contributed by atoms with E-state index < -0.39 is 0 Å². The molecule has 1 aliphatic carbocycles. The van der Waals surface area contributed by atoms with Gasteiger partial charge in [0.15, 0.2) is 6.61 Å². The molecule has 0 spiro atoms. The van der Waals surface area contributed by atoms with Gasteiger partial charge in [-0.05, 0) is 38.8 Å². The second-order valence-corrected chi connectivity index (χ2v) is 5.85. The predicted octanol–water partition coefficient (Wildman–Crippen LogP) is 3.06. The minimum absolute atomic E-state index is 0.0156. The van der Waals surface area contributed by atoms with Crippen molar-refractivity contribution in [3.05, 3.63) is 24.3 Å². The summed E-state index contributed by atoms with van der Waals surface area (Å²) in [5.74, 6) is 0.771. The lowest BCUT2D eigenvalue weighted by Crippen LogP contribution is -2.34. The summed E-state index contributed by atoms with van der Waals surface area (Å²) in [6.07, 6.45) is 4.21. The Labute approximate surface area is 138 Å². The van der Waals surface area contributed by atoms with Gasteiger partial charge in [-0.1, -0.05) is 18.9 Å². The van der Waals surface area contributed by atoms with Gasteiger partial charge in [0.05, 0.1) is 0 Å². The van der Waals surface area contributed by atoms with Crippen molar-refractivity contribution in [3.63, 3.8) is 0 Å². The van der Waals surface area contributed by atoms with E-state index in [9.17, 15) is 9.59 Å². The number of hydrogen-bond acceptors (Lipinski definition) is 3. The van der Waals surface area contributed by atoms with Crippen LogP contribution in [0.5, 0.6) is 5.75 Å². The normalized spacial score (nSPS) is 14.5. The largest absolute Gasteiger partial charge is 0.484 e. The highest BCUT2D eigenvalue weighted by Crippen LogP contribution is 2.26. The van der Waals surface area contributed by atoms with Gasteiger partial charge in [0, 0.05) is 30.8 Å². The molecule has 23 heavy (non-hydrogen) atoms. The maximum atomic E-state index is 12.1. The maximum absolute atomic E-state index is 12.1. The summed E-state index contributed by atoms with van der Waals surface area (Å²) in [5, 5.41) is 2.94. The first-order valence-corrected chi connectivity index (χ1v) is 8.45. The Morgan fingerprint density at radius 2 is 1.91 bits per heavy atom. The zero-order valence-corrected chi connectivity index (χ0v) is 14.0. The lowest BCUT2D eigenvalue weighted by atomic mass is 10.1. The number of benzene rings is 1. The van der Waals surface area contributed by atoms with Crippen LogP contribution in [0.1, 0.15) is 39.5 Å². The Morgan fingerprint density at radius 1 is 1.22 bits per heavy atom. The van der Waals surface area contributed by atoms with Crippen LogP contribution in [0.4, 0.5) is 5.69 Å². The molecular formula is C18H26N2O3. The number of rotatable bonds is 7. The minimum Gasteiger partial charge on any atom is -0.484 e. The first-order chi connectivity index (χ1) is 11.1. The monoisotopic (exact) mass is 318 g/mol. The minimum atomic E-state index is -0.0320. The Bertz CT molecular complexity index is 535. The Hall–Kier alpha value is -2.04. The van der Waals surface area contributed by atoms with Crippen molar-refractivity contribution in [2.24, 2.45) is 5.92 Å². The molecule has 0 aromatic heterocycles. The number of ether oxygens (including phenoxy) is 1. The molecule has 1 N–H and O–H groups in total. The van der Waals surface area contributed by atoms with Crippen molar-refractivity contribution in [2.75, 3.05) is 25.0 Å². The van der Waals surface area contributed by atoms with Crippen LogP contribution in [-0.2, 0) is 9.59 Å². The van der Waals surface area contributed by atoms with Crippen molar-refractivity contribution in [2.45, 2.75) is 39.5 Å². The summed E-state index contributed by atoms with van der Waals surface area (Å²) in [6.45, 7) is 5.26. The number of nitrogens with one attached hydrogen (secondary N) is 1. The van der Waals surface area contributed by atoms with E-state index in [1.165, 1.54) is 0 Å². The number of likely N-dealkylation sites (N-methyl/N-ethyl adjacent to an activating group) is 1. The maximum Gasteiger partial charge on any atom is 0.260 e. The van der Waals surface area contributed by atoms with Crippen LogP contribution in [0.25, 0.3) is 0 Å². The quantitative estimate of drug-likeness (QED) is 0.840. The van der Waals surface area contributed by atoms with Gasteiger partial charge in [-0.15, -0.1) is 0 Å². The summed E-state index contributed by atoms with van der Waals surface area (Å²) in [5.41, 5.74) is 0.717. The molecule has 0 atom stereocenters. The molecule has 1 aromatic rings. The molecular weight excluding hydrogens is 292 g/mol. The van der Waals surface area contributed by atoms with Crippen LogP contribution in [0.15, 0.2) is 24.3 Å². The molecule has 1 aliphatic rings. The highest BCUT2D eigenvalue weighted by molar-refractivity contribution is 5.92. The second kappa shape index (κ2) is 8.56. The Balaban J connectivity index is 1.89. The highest BCUT2D eigenvalue weighted by Gasteiger charge is 2.22. The van der Waals surface area contributed by atoms with E-state index in [1.807, 2.05) is 26.0 Å². The van der Waals surface area contributed by atoms with Crippen LogP contribution in [-0.4, -0.2) is 36.4 Å². The fourth-order valence-corrected chi connectivity index (χ4v) is 2.91. The zero-order chi connectivity index (χ0) is 16.7. The van der Waals surface area contributed by atoms with E-state index in [0.717, 1.165) is 31.4 Å². The van der Waals surface area contributed by atoms with E-state index in [4.69, 9.17) is 4.74 Å². The number of anilines is 1. The van der Waals surface area contributed by atoms with Crippen LogP contribution in [0.3, 0.4) is 0 Å². The molecule has 1 saturated carbocycles. The SMILES string of the molecule is CCN(CC)C(=O)COc1cccc(NC(=O)C2CCCC2)c1. The standard InChI is InChI=1S/C18H26N2O3/c1-3-20(4-2)17(21)13-23-16-11-7-10-15(12-16)19-18(22)14-8-5-6-9-14/h7,10-12,14H,3-6,8-9,13H2,1-2H3,(H,19,22). The first kappa shape index (κ1) is 17.3. The van der Waals surface area contributed by atoms with Crippen molar-refractivity contribution in [1.29, 1.82) is 0 Å². The topological polar surface area (TPSA) is 58.6 Å². The molecule has 1 aromatic carbocycles. The van der Waals surface area contributed by atoms with Gasteiger partial charge in [0.2, 0.25) is 5.91 Å². The van der Waals surface area contributed by atoms with Gasteiger partial charge in [0.25, 0.3) is 5.91 Å². The fourth-order valence-electron chi connectivity index (χ4n) is 2.91. The number of carbonyl (C=O) groups is 2. The smallest absolute Gasteiger partial charge is 0.260 e. The highest BCUT2D eigenvalue weighted by atomic mass is 16.5. The number of amides is 2.